The second kappa shape index (κ2) is 10.3. The zero-order valence-corrected chi connectivity index (χ0v) is 17.9. The molecule has 0 aliphatic carbocycles. The molecule has 1 fully saturated rings. The minimum Gasteiger partial charge on any atom is -0.484 e. The van der Waals surface area contributed by atoms with Crippen molar-refractivity contribution in [3.8, 4) is 11.6 Å². The van der Waals surface area contributed by atoms with Gasteiger partial charge in [-0.25, -0.2) is 0 Å². The highest BCUT2D eigenvalue weighted by atomic mass is 35.5. The van der Waals surface area contributed by atoms with E-state index in [-0.39, 0.29) is 18.4 Å². The van der Waals surface area contributed by atoms with Gasteiger partial charge in [-0.1, -0.05) is 11.6 Å². The first-order chi connectivity index (χ1) is 14.5. The van der Waals surface area contributed by atoms with Crippen LogP contribution < -0.4 is 14.8 Å². The molecular weight excluding hydrogens is 410 g/mol. The Hall–Kier alpha value is -2.78. The molecule has 0 radical (unpaired) electrons. The average molecular weight is 436 g/mol. The number of aryl methyl sites for hydroxylation is 1. The van der Waals surface area contributed by atoms with E-state index in [0.717, 1.165) is 13.1 Å². The molecule has 0 bridgehead atoms. The second-order valence-electron chi connectivity index (χ2n) is 6.95. The van der Waals surface area contributed by atoms with Gasteiger partial charge >= 0.3 is 0 Å². The van der Waals surface area contributed by atoms with Gasteiger partial charge in [-0.3, -0.25) is 19.2 Å². The van der Waals surface area contributed by atoms with E-state index in [9.17, 15) is 9.59 Å². The zero-order chi connectivity index (χ0) is 21.5. The van der Waals surface area contributed by atoms with Crippen LogP contribution in [0.1, 0.15) is 10.4 Å². The van der Waals surface area contributed by atoms with Crippen LogP contribution in [0.25, 0.3) is 0 Å². The average Bonchev–Trinajstić information content (AvgIpc) is 3.14. The molecule has 30 heavy (non-hydrogen) atoms. The van der Waals surface area contributed by atoms with E-state index in [1.165, 1.54) is 7.11 Å². The topological polar surface area (TPSA) is 88.9 Å². The summed E-state index contributed by atoms with van der Waals surface area (Å²) in [6.45, 7) is 3.90. The summed E-state index contributed by atoms with van der Waals surface area (Å²) < 4.78 is 12.2. The van der Waals surface area contributed by atoms with E-state index < -0.39 is 0 Å². The van der Waals surface area contributed by atoms with Crippen molar-refractivity contribution in [2.24, 2.45) is 7.05 Å². The fourth-order valence-corrected chi connectivity index (χ4v) is 3.32. The van der Waals surface area contributed by atoms with Crippen molar-refractivity contribution in [2.45, 2.75) is 0 Å². The van der Waals surface area contributed by atoms with Gasteiger partial charge in [0.25, 0.3) is 11.8 Å². The van der Waals surface area contributed by atoms with Crippen molar-refractivity contribution in [3.63, 3.8) is 0 Å². The maximum atomic E-state index is 12.7. The SMILES string of the molecule is COc1nn(C)cc1C(=O)N1CCN(CCNC(=O)COc2ccc(Cl)cc2)CC1. The summed E-state index contributed by atoms with van der Waals surface area (Å²) in [5.41, 5.74) is 0.474. The normalized spacial score (nSPS) is 14.4. The smallest absolute Gasteiger partial charge is 0.261 e. The molecule has 1 saturated heterocycles. The number of nitrogens with zero attached hydrogens (tertiary/aromatic N) is 4. The quantitative estimate of drug-likeness (QED) is 0.666. The molecule has 2 aromatic rings. The van der Waals surface area contributed by atoms with Crippen molar-refractivity contribution < 1.29 is 19.1 Å². The summed E-state index contributed by atoms with van der Waals surface area (Å²) in [5.74, 6) is 0.684. The van der Waals surface area contributed by atoms with Crippen LogP contribution in [0.4, 0.5) is 0 Å². The Balaban J connectivity index is 1.35. The lowest BCUT2D eigenvalue weighted by Gasteiger charge is -2.34. The Labute approximate surface area is 180 Å². The number of benzene rings is 1. The standard InChI is InChI=1S/C20H26ClN5O4/c1-24-13-17(19(23-24)29-2)20(28)26-11-9-25(10-12-26)8-7-22-18(27)14-30-16-5-3-15(21)4-6-16/h3-6,13H,7-12,14H2,1-2H3,(H,22,27). The number of carbonyl (C=O) groups excluding carboxylic acids is 2. The van der Waals surface area contributed by atoms with Crippen LogP contribution in [-0.4, -0.2) is 84.4 Å². The number of halogens is 1. The van der Waals surface area contributed by atoms with Crippen molar-refractivity contribution in [1.82, 2.24) is 24.9 Å². The number of amides is 2. The summed E-state index contributed by atoms with van der Waals surface area (Å²) in [6.07, 6.45) is 1.68. The maximum Gasteiger partial charge on any atom is 0.261 e. The van der Waals surface area contributed by atoms with Crippen LogP contribution in [0.3, 0.4) is 0 Å². The van der Waals surface area contributed by atoms with Crippen molar-refractivity contribution in [3.05, 3.63) is 41.0 Å². The Morgan fingerprint density at radius 3 is 2.53 bits per heavy atom. The van der Waals surface area contributed by atoms with E-state index in [4.69, 9.17) is 21.1 Å². The molecule has 1 N–H and O–H groups in total. The first kappa shape index (κ1) is 21.9. The molecule has 0 saturated carbocycles. The van der Waals surface area contributed by atoms with Gasteiger partial charge in [0.1, 0.15) is 11.3 Å². The van der Waals surface area contributed by atoms with Gasteiger partial charge < -0.3 is 19.7 Å². The number of aromatic nitrogens is 2. The van der Waals surface area contributed by atoms with Crippen LogP contribution in [0.2, 0.25) is 5.02 Å². The van der Waals surface area contributed by atoms with Crippen LogP contribution in [-0.2, 0) is 11.8 Å². The summed E-state index contributed by atoms with van der Waals surface area (Å²) in [5, 5.41) is 7.60. The minimum atomic E-state index is -0.178. The molecule has 1 aliphatic rings. The summed E-state index contributed by atoms with van der Waals surface area (Å²) in [4.78, 5) is 28.7. The Morgan fingerprint density at radius 1 is 1.17 bits per heavy atom. The molecular formula is C20H26ClN5O4. The first-order valence-corrected chi connectivity index (χ1v) is 10.1. The number of carbonyl (C=O) groups is 2. The van der Waals surface area contributed by atoms with Crippen LogP contribution in [0.15, 0.2) is 30.5 Å². The Kier molecular flexibility index (Phi) is 7.53. The third-order valence-corrected chi connectivity index (χ3v) is 5.06. The fraction of sp³-hybridized carbons (Fsp3) is 0.450. The number of hydrogen-bond donors (Lipinski definition) is 1. The minimum absolute atomic E-state index is 0.0448. The van der Waals surface area contributed by atoms with E-state index in [1.807, 2.05) is 0 Å². The molecule has 2 amide bonds. The first-order valence-electron chi connectivity index (χ1n) is 9.70. The molecule has 0 spiro atoms. The molecule has 162 valence electrons. The largest absolute Gasteiger partial charge is 0.484 e. The van der Waals surface area contributed by atoms with Gasteiger partial charge in [-0.2, -0.15) is 0 Å². The molecule has 3 rings (SSSR count). The number of rotatable bonds is 8. The van der Waals surface area contributed by atoms with Crippen molar-refractivity contribution in [1.29, 1.82) is 0 Å². The van der Waals surface area contributed by atoms with Gasteiger partial charge in [0.05, 0.1) is 7.11 Å². The highest BCUT2D eigenvalue weighted by Crippen LogP contribution is 2.18. The molecule has 0 atom stereocenters. The third kappa shape index (κ3) is 5.87. The van der Waals surface area contributed by atoms with Gasteiger partial charge in [0.2, 0.25) is 5.88 Å². The monoisotopic (exact) mass is 435 g/mol. The van der Waals surface area contributed by atoms with Crippen LogP contribution in [0, 0.1) is 0 Å². The molecule has 1 aromatic heterocycles. The van der Waals surface area contributed by atoms with Crippen LogP contribution >= 0.6 is 11.6 Å². The highest BCUT2D eigenvalue weighted by molar-refractivity contribution is 6.30. The van der Waals surface area contributed by atoms with Crippen LogP contribution in [0.5, 0.6) is 11.6 Å². The van der Waals surface area contributed by atoms with E-state index in [1.54, 1.807) is 47.1 Å². The maximum absolute atomic E-state index is 12.7. The number of methoxy groups -OCH3 is 1. The lowest BCUT2D eigenvalue weighted by Crippen LogP contribution is -2.50. The number of piperazine rings is 1. The van der Waals surface area contributed by atoms with Gasteiger partial charge in [-0.05, 0) is 24.3 Å². The molecule has 2 heterocycles. The summed E-state index contributed by atoms with van der Waals surface area (Å²) in [7, 11) is 3.26. The van der Waals surface area contributed by atoms with Gasteiger partial charge in [-0.15, -0.1) is 5.10 Å². The second-order valence-corrected chi connectivity index (χ2v) is 7.39. The predicted octanol–water partition coefficient (Wildman–Crippen LogP) is 1.04. The summed E-state index contributed by atoms with van der Waals surface area (Å²) in [6, 6.07) is 6.86. The third-order valence-electron chi connectivity index (χ3n) is 4.81. The number of hydrogen-bond acceptors (Lipinski definition) is 6. The fourth-order valence-electron chi connectivity index (χ4n) is 3.19. The van der Waals surface area contributed by atoms with Gasteiger partial charge in [0.15, 0.2) is 6.61 Å². The molecule has 1 aromatic carbocycles. The number of ether oxygens (including phenoxy) is 2. The predicted molar refractivity (Wildman–Crippen MR) is 112 cm³/mol. The molecule has 9 nitrogen and oxygen atoms in total. The lowest BCUT2D eigenvalue weighted by molar-refractivity contribution is -0.123. The molecule has 0 unspecified atom stereocenters. The van der Waals surface area contributed by atoms with E-state index in [2.05, 4.69) is 15.3 Å². The van der Waals surface area contributed by atoms with E-state index in [0.29, 0.717) is 48.4 Å². The Bertz CT molecular complexity index is 863. The molecule has 10 heteroatoms. The van der Waals surface area contributed by atoms with Gasteiger partial charge in [0, 0.05) is 57.5 Å². The highest BCUT2D eigenvalue weighted by Gasteiger charge is 2.26. The lowest BCUT2D eigenvalue weighted by atomic mass is 10.2. The molecule has 1 aliphatic heterocycles. The van der Waals surface area contributed by atoms with Crippen molar-refractivity contribution in [2.75, 3.05) is 53.0 Å². The van der Waals surface area contributed by atoms with Crippen molar-refractivity contribution >= 4 is 23.4 Å². The van der Waals surface area contributed by atoms with E-state index >= 15 is 0 Å². The number of nitrogens with one attached hydrogen (secondary N) is 1. The zero-order valence-electron chi connectivity index (χ0n) is 17.1. The Morgan fingerprint density at radius 2 is 1.87 bits per heavy atom. The summed E-state index contributed by atoms with van der Waals surface area (Å²) >= 11 is 5.82.